The molecule has 7 heteroatoms. The summed E-state index contributed by atoms with van der Waals surface area (Å²) in [5.41, 5.74) is 2.02. The van der Waals surface area contributed by atoms with Gasteiger partial charge in [-0.05, 0) is 42.7 Å². The molecule has 1 aromatic carbocycles. The Kier molecular flexibility index (Phi) is 5.43. The van der Waals surface area contributed by atoms with Crippen molar-refractivity contribution in [3.63, 3.8) is 0 Å². The van der Waals surface area contributed by atoms with Gasteiger partial charge in [-0.25, -0.2) is 4.39 Å². The number of ether oxygens (including phenoxy) is 1. The third-order valence-corrected chi connectivity index (χ3v) is 4.87. The van der Waals surface area contributed by atoms with Crippen molar-refractivity contribution in [2.24, 2.45) is 0 Å². The van der Waals surface area contributed by atoms with Gasteiger partial charge in [0, 0.05) is 37.7 Å². The summed E-state index contributed by atoms with van der Waals surface area (Å²) in [6.45, 7) is 1.61. The number of hydrogen-bond donors (Lipinski definition) is 1. The van der Waals surface area contributed by atoms with Crippen LogP contribution in [0.4, 0.5) is 4.39 Å². The number of amides is 1. The normalized spacial score (nSPS) is 16.2. The fourth-order valence-electron chi connectivity index (χ4n) is 3.45. The van der Waals surface area contributed by atoms with Crippen LogP contribution >= 0.6 is 0 Å². The fourth-order valence-corrected chi connectivity index (χ4v) is 3.45. The van der Waals surface area contributed by atoms with Crippen LogP contribution in [-0.4, -0.2) is 45.2 Å². The lowest BCUT2D eigenvalue weighted by Crippen LogP contribution is -2.37. The molecule has 0 saturated carbocycles. The number of nitrogens with zero attached hydrogens (tertiary/aromatic N) is 3. The van der Waals surface area contributed by atoms with E-state index in [1.54, 1.807) is 35.5 Å². The van der Waals surface area contributed by atoms with E-state index in [4.69, 9.17) is 4.74 Å². The van der Waals surface area contributed by atoms with Gasteiger partial charge >= 0.3 is 0 Å². The van der Waals surface area contributed by atoms with E-state index in [-0.39, 0.29) is 12.0 Å². The molecule has 1 aliphatic rings. The number of H-pyrrole nitrogens is 1. The molecule has 1 fully saturated rings. The molecule has 1 aliphatic heterocycles. The van der Waals surface area contributed by atoms with Crippen LogP contribution in [0.25, 0.3) is 11.3 Å². The number of aromatic nitrogens is 3. The molecule has 0 radical (unpaired) electrons. The van der Waals surface area contributed by atoms with Gasteiger partial charge in [-0.3, -0.25) is 14.9 Å². The van der Waals surface area contributed by atoms with Crippen LogP contribution in [0.15, 0.2) is 55.0 Å². The van der Waals surface area contributed by atoms with Crippen molar-refractivity contribution >= 4 is 5.91 Å². The fraction of sp³-hybridized carbons (Fsp3) is 0.286. The standard InChI is InChI=1S/C21H21FN4O2/c22-19-6-2-1-5-17(19)20-18(12-24-25-20)21(27)26(14-16-4-3-11-28-16)13-15-7-9-23-10-8-15/h1-2,5-10,12,16H,3-4,11,13-14H2,(H,24,25)/t16-/m1/s1. The Morgan fingerprint density at radius 1 is 1.25 bits per heavy atom. The minimum atomic E-state index is -0.402. The molecule has 3 heterocycles. The zero-order chi connectivity index (χ0) is 19.3. The summed E-state index contributed by atoms with van der Waals surface area (Å²) >= 11 is 0. The molecule has 28 heavy (non-hydrogen) atoms. The first-order chi connectivity index (χ1) is 13.7. The van der Waals surface area contributed by atoms with Crippen LogP contribution in [0.2, 0.25) is 0 Å². The number of rotatable bonds is 6. The van der Waals surface area contributed by atoms with Crippen LogP contribution in [-0.2, 0) is 11.3 Å². The van der Waals surface area contributed by atoms with E-state index in [9.17, 15) is 9.18 Å². The Labute approximate surface area is 162 Å². The summed E-state index contributed by atoms with van der Waals surface area (Å²) in [4.78, 5) is 19.1. The van der Waals surface area contributed by atoms with Crippen LogP contribution in [0.5, 0.6) is 0 Å². The van der Waals surface area contributed by atoms with Crippen molar-refractivity contribution in [1.29, 1.82) is 0 Å². The van der Waals surface area contributed by atoms with Crippen LogP contribution in [0, 0.1) is 5.82 Å². The molecule has 0 spiro atoms. The zero-order valence-electron chi connectivity index (χ0n) is 15.3. The first-order valence-corrected chi connectivity index (χ1v) is 9.30. The number of aromatic amines is 1. The molecule has 1 amide bonds. The van der Waals surface area contributed by atoms with Gasteiger partial charge in [0.1, 0.15) is 5.82 Å². The predicted molar refractivity (Wildman–Crippen MR) is 102 cm³/mol. The third-order valence-electron chi connectivity index (χ3n) is 4.87. The molecule has 2 aromatic heterocycles. The summed E-state index contributed by atoms with van der Waals surface area (Å²) in [5.74, 6) is -0.611. The lowest BCUT2D eigenvalue weighted by atomic mass is 10.1. The second-order valence-electron chi connectivity index (χ2n) is 6.81. The zero-order valence-corrected chi connectivity index (χ0v) is 15.3. The Bertz CT molecular complexity index is 938. The van der Waals surface area contributed by atoms with Gasteiger partial charge in [-0.1, -0.05) is 12.1 Å². The molecule has 3 aromatic rings. The number of carbonyl (C=O) groups is 1. The minimum absolute atomic E-state index is 0.00889. The molecule has 1 saturated heterocycles. The maximum atomic E-state index is 14.3. The van der Waals surface area contributed by atoms with Gasteiger partial charge in [0.15, 0.2) is 0 Å². The number of benzene rings is 1. The highest BCUT2D eigenvalue weighted by molar-refractivity contribution is 5.99. The van der Waals surface area contributed by atoms with Crippen LogP contribution in [0.3, 0.4) is 0 Å². The summed E-state index contributed by atoms with van der Waals surface area (Å²) < 4.78 is 20.0. The molecule has 1 N–H and O–H groups in total. The van der Waals surface area contributed by atoms with E-state index < -0.39 is 5.82 Å². The Morgan fingerprint density at radius 2 is 2.07 bits per heavy atom. The van der Waals surface area contributed by atoms with E-state index in [1.807, 2.05) is 12.1 Å². The SMILES string of the molecule is O=C(c1cn[nH]c1-c1ccccc1F)N(Cc1ccncc1)C[C@H]1CCCO1. The van der Waals surface area contributed by atoms with Crippen molar-refractivity contribution in [3.8, 4) is 11.3 Å². The topological polar surface area (TPSA) is 71.1 Å². The van der Waals surface area contributed by atoms with Gasteiger partial charge in [-0.2, -0.15) is 5.10 Å². The molecule has 144 valence electrons. The highest BCUT2D eigenvalue weighted by Gasteiger charge is 2.27. The molecular formula is C21H21FN4O2. The highest BCUT2D eigenvalue weighted by atomic mass is 19.1. The van der Waals surface area contributed by atoms with Crippen molar-refractivity contribution < 1.29 is 13.9 Å². The van der Waals surface area contributed by atoms with Crippen molar-refractivity contribution in [2.75, 3.05) is 13.2 Å². The molecule has 0 bridgehead atoms. The number of halogens is 1. The summed E-state index contributed by atoms with van der Waals surface area (Å²) in [7, 11) is 0. The van der Waals surface area contributed by atoms with Gasteiger partial charge in [0.25, 0.3) is 5.91 Å². The largest absolute Gasteiger partial charge is 0.376 e. The molecule has 6 nitrogen and oxygen atoms in total. The first kappa shape index (κ1) is 18.3. The van der Waals surface area contributed by atoms with Gasteiger partial charge in [0.2, 0.25) is 0 Å². The van der Waals surface area contributed by atoms with E-state index in [1.165, 1.54) is 12.3 Å². The number of carbonyl (C=O) groups excluding carboxylic acids is 1. The first-order valence-electron chi connectivity index (χ1n) is 9.30. The average Bonchev–Trinajstić information content (AvgIpc) is 3.40. The Hall–Kier alpha value is -3.06. The maximum Gasteiger partial charge on any atom is 0.258 e. The highest BCUT2D eigenvalue weighted by Crippen LogP contribution is 2.26. The lowest BCUT2D eigenvalue weighted by molar-refractivity contribution is 0.0508. The van der Waals surface area contributed by atoms with E-state index in [0.29, 0.717) is 36.5 Å². The molecular weight excluding hydrogens is 359 g/mol. The summed E-state index contributed by atoms with van der Waals surface area (Å²) in [6, 6.07) is 10.1. The van der Waals surface area contributed by atoms with E-state index in [0.717, 1.165) is 18.4 Å². The number of pyridine rings is 1. The Balaban J connectivity index is 1.64. The Morgan fingerprint density at radius 3 is 2.82 bits per heavy atom. The average molecular weight is 380 g/mol. The van der Waals surface area contributed by atoms with Gasteiger partial charge in [-0.15, -0.1) is 0 Å². The molecule has 0 aliphatic carbocycles. The summed E-state index contributed by atoms with van der Waals surface area (Å²) in [5, 5.41) is 6.78. The number of nitrogens with one attached hydrogen (secondary N) is 1. The van der Waals surface area contributed by atoms with Gasteiger partial charge in [0.05, 0.1) is 23.6 Å². The second-order valence-corrected chi connectivity index (χ2v) is 6.81. The molecule has 4 rings (SSSR count). The lowest BCUT2D eigenvalue weighted by Gasteiger charge is -2.25. The van der Waals surface area contributed by atoms with Crippen molar-refractivity contribution in [1.82, 2.24) is 20.1 Å². The van der Waals surface area contributed by atoms with Crippen molar-refractivity contribution in [3.05, 3.63) is 71.9 Å². The molecule has 1 atom stereocenters. The third kappa shape index (κ3) is 3.94. The van der Waals surface area contributed by atoms with E-state index in [2.05, 4.69) is 15.2 Å². The van der Waals surface area contributed by atoms with E-state index >= 15 is 0 Å². The second kappa shape index (κ2) is 8.31. The predicted octanol–water partition coefficient (Wildman–Crippen LogP) is 3.43. The van der Waals surface area contributed by atoms with Crippen molar-refractivity contribution in [2.45, 2.75) is 25.5 Å². The quantitative estimate of drug-likeness (QED) is 0.711. The maximum absolute atomic E-state index is 14.3. The monoisotopic (exact) mass is 380 g/mol. The van der Waals surface area contributed by atoms with Crippen LogP contribution < -0.4 is 0 Å². The molecule has 0 unspecified atom stereocenters. The summed E-state index contributed by atoms with van der Waals surface area (Å²) in [6.07, 6.45) is 6.79. The van der Waals surface area contributed by atoms with Gasteiger partial charge < -0.3 is 9.64 Å². The van der Waals surface area contributed by atoms with Crippen LogP contribution in [0.1, 0.15) is 28.8 Å². The smallest absolute Gasteiger partial charge is 0.258 e. The number of hydrogen-bond acceptors (Lipinski definition) is 4. The minimum Gasteiger partial charge on any atom is -0.376 e.